The lowest BCUT2D eigenvalue weighted by atomic mass is 9.85. The predicted octanol–water partition coefficient (Wildman–Crippen LogP) is 3.46. The van der Waals surface area contributed by atoms with Crippen LogP contribution in [-0.2, 0) is 0 Å². The van der Waals surface area contributed by atoms with Gasteiger partial charge in [0, 0.05) is 18.8 Å². The van der Waals surface area contributed by atoms with Crippen molar-refractivity contribution in [1.29, 1.82) is 0 Å². The Morgan fingerprint density at radius 3 is 2.68 bits per heavy atom. The molecule has 3 N–H and O–H groups in total. The lowest BCUT2D eigenvalue weighted by Gasteiger charge is -2.32. The van der Waals surface area contributed by atoms with Gasteiger partial charge in [0.2, 0.25) is 0 Å². The first-order valence-electron chi connectivity index (χ1n) is 9.49. The van der Waals surface area contributed by atoms with Gasteiger partial charge in [-0.3, -0.25) is 4.79 Å². The van der Waals surface area contributed by atoms with Crippen LogP contribution in [0.5, 0.6) is 11.5 Å². The molecule has 28 heavy (non-hydrogen) atoms. The second kappa shape index (κ2) is 8.93. The molecular formula is C21H27N3O4. The Hall–Kier alpha value is -2.80. The highest BCUT2D eigenvalue weighted by atomic mass is 16.5. The SMILES string of the molecule is COc1ccc(NC(=O)c2cccnc2NCC2(O)CCCCC2)c(OC)c1. The molecule has 0 spiro atoms. The van der Waals surface area contributed by atoms with Gasteiger partial charge < -0.3 is 25.2 Å². The largest absolute Gasteiger partial charge is 0.497 e. The van der Waals surface area contributed by atoms with Crippen LogP contribution in [0.2, 0.25) is 0 Å². The average molecular weight is 385 g/mol. The predicted molar refractivity (Wildman–Crippen MR) is 108 cm³/mol. The number of rotatable bonds is 7. The van der Waals surface area contributed by atoms with Crippen molar-refractivity contribution in [2.45, 2.75) is 37.7 Å². The fourth-order valence-corrected chi connectivity index (χ4v) is 3.46. The molecule has 1 fully saturated rings. The van der Waals surface area contributed by atoms with Gasteiger partial charge >= 0.3 is 0 Å². The van der Waals surface area contributed by atoms with E-state index < -0.39 is 5.60 Å². The molecule has 0 atom stereocenters. The van der Waals surface area contributed by atoms with Crippen LogP contribution in [0.4, 0.5) is 11.5 Å². The summed E-state index contributed by atoms with van der Waals surface area (Å²) in [7, 11) is 3.10. The van der Waals surface area contributed by atoms with E-state index in [1.54, 1.807) is 43.6 Å². The van der Waals surface area contributed by atoms with E-state index in [1.807, 2.05) is 0 Å². The van der Waals surface area contributed by atoms with Gasteiger partial charge in [0.05, 0.1) is 31.1 Å². The standard InChI is InChI=1S/C21H27N3O4/c1-27-15-8-9-17(18(13-15)28-2)24-20(25)16-7-6-12-22-19(16)23-14-21(26)10-4-3-5-11-21/h6-9,12-13,26H,3-5,10-11,14H2,1-2H3,(H,22,23)(H,24,25). The first-order chi connectivity index (χ1) is 13.5. The summed E-state index contributed by atoms with van der Waals surface area (Å²) in [5.41, 5.74) is 0.191. The summed E-state index contributed by atoms with van der Waals surface area (Å²) >= 11 is 0. The average Bonchev–Trinajstić information content (AvgIpc) is 2.73. The number of aliphatic hydroxyl groups is 1. The summed E-state index contributed by atoms with van der Waals surface area (Å²) in [4.78, 5) is 17.1. The maximum Gasteiger partial charge on any atom is 0.259 e. The number of benzene rings is 1. The molecule has 2 aromatic rings. The summed E-state index contributed by atoms with van der Waals surface area (Å²) in [5.74, 6) is 1.28. The normalized spacial score (nSPS) is 15.5. The molecule has 150 valence electrons. The van der Waals surface area contributed by atoms with E-state index in [1.165, 1.54) is 7.11 Å². The number of carbonyl (C=O) groups excluding carboxylic acids is 1. The molecule has 0 bridgehead atoms. The van der Waals surface area contributed by atoms with Crippen LogP contribution in [0.1, 0.15) is 42.5 Å². The molecule has 1 aromatic carbocycles. The number of ether oxygens (including phenoxy) is 2. The quantitative estimate of drug-likeness (QED) is 0.676. The van der Waals surface area contributed by atoms with Gasteiger partial charge in [0.25, 0.3) is 5.91 Å². The summed E-state index contributed by atoms with van der Waals surface area (Å²) in [6.45, 7) is 0.371. The van der Waals surface area contributed by atoms with Crippen molar-refractivity contribution in [2.24, 2.45) is 0 Å². The minimum atomic E-state index is -0.747. The van der Waals surface area contributed by atoms with Crippen molar-refractivity contribution in [1.82, 2.24) is 4.98 Å². The van der Waals surface area contributed by atoms with Crippen molar-refractivity contribution in [3.63, 3.8) is 0 Å². The minimum absolute atomic E-state index is 0.310. The van der Waals surface area contributed by atoms with E-state index in [0.717, 1.165) is 32.1 Å². The Bertz CT molecular complexity index is 819. The van der Waals surface area contributed by atoms with Crippen LogP contribution in [-0.4, -0.2) is 42.4 Å². The number of amides is 1. The monoisotopic (exact) mass is 385 g/mol. The Morgan fingerprint density at radius 1 is 1.18 bits per heavy atom. The number of nitrogens with zero attached hydrogens (tertiary/aromatic N) is 1. The maximum atomic E-state index is 12.8. The molecular weight excluding hydrogens is 358 g/mol. The Labute approximate surface area is 165 Å². The molecule has 1 aliphatic rings. The van der Waals surface area contributed by atoms with Crippen LogP contribution >= 0.6 is 0 Å². The third kappa shape index (κ3) is 4.72. The number of anilines is 2. The molecule has 1 amide bonds. The van der Waals surface area contributed by atoms with E-state index in [0.29, 0.717) is 35.1 Å². The first kappa shape index (κ1) is 19.9. The molecule has 1 aromatic heterocycles. The van der Waals surface area contributed by atoms with Crippen molar-refractivity contribution in [2.75, 3.05) is 31.4 Å². The number of carbonyl (C=O) groups is 1. The zero-order valence-corrected chi connectivity index (χ0v) is 16.3. The molecule has 0 saturated heterocycles. The smallest absolute Gasteiger partial charge is 0.259 e. The van der Waals surface area contributed by atoms with Crippen LogP contribution in [0.15, 0.2) is 36.5 Å². The lowest BCUT2D eigenvalue weighted by molar-refractivity contribution is 0.0166. The molecule has 7 nitrogen and oxygen atoms in total. The Morgan fingerprint density at radius 2 is 1.96 bits per heavy atom. The van der Waals surface area contributed by atoms with E-state index in [4.69, 9.17) is 9.47 Å². The zero-order valence-electron chi connectivity index (χ0n) is 16.3. The summed E-state index contributed by atoms with van der Waals surface area (Å²) < 4.78 is 10.5. The van der Waals surface area contributed by atoms with E-state index in [2.05, 4.69) is 15.6 Å². The number of methoxy groups -OCH3 is 2. The van der Waals surface area contributed by atoms with Gasteiger partial charge in [-0.2, -0.15) is 0 Å². The first-order valence-corrected chi connectivity index (χ1v) is 9.49. The number of hydrogen-bond donors (Lipinski definition) is 3. The molecule has 1 saturated carbocycles. The van der Waals surface area contributed by atoms with Gasteiger partial charge in [-0.25, -0.2) is 4.98 Å². The van der Waals surface area contributed by atoms with Crippen LogP contribution in [0.3, 0.4) is 0 Å². The highest BCUT2D eigenvalue weighted by Gasteiger charge is 2.29. The highest BCUT2D eigenvalue weighted by Crippen LogP contribution is 2.31. The number of aromatic nitrogens is 1. The van der Waals surface area contributed by atoms with E-state index in [9.17, 15) is 9.90 Å². The van der Waals surface area contributed by atoms with Gasteiger partial charge in [-0.05, 0) is 37.1 Å². The molecule has 0 aliphatic heterocycles. The molecule has 7 heteroatoms. The van der Waals surface area contributed by atoms with Crippen LogP contribution < -0.4 is 20.1 Å². The number of hydrogen-bond acceptors (Lipinski definition) is 6. The zero-order chi connectivity index (χ0) is 20.0. The van der Waals surface area contributed by atoms with Gasteiger partial charge in [0.1, 0.15) is 17.3 Å². The summed E-state index contributed by atoms with van der Waals surface area (Å²) in [6.07, 6.45) is 6.34. The molecule has 0 radical (unpaired) electrons. The topological polar surface area (TPSA) is 92.7 Å². The molecule has 0 unspecified atom stereocenters. The summed E-state index contributed by atoms with van der Waals surface area (Å²) in [5, 5.41) is 16.7. The lowest BCUT2D eigenvalue weighted by Crippen LogP contribution is -2.39. The van der Waals surface area contributed by atoms with Crippen LogP contribution in [0, 0.1) is 0 Å². The second-order valence-corrected chi connectivity index (χ2v) is 7.06. The number of nitrogens with one attached hydrogen (secondary N) is 2. The third-order valence-electron chi connectivity index (χ3n) is 5.08. The van der Waals surface area contributed by atoms with E-state index in [-0.39, 0.29) is 5.91 Å². The fraction of sp³-hybridized carbons (Fsp3) is 0.429. The number of pyridine rings is 1. The van der Waals surface area contributed by atoms with Crippen LogP contribution in [0.25, 0.3) is 0 Å². The fourth-order valence-electron chi connectivity index (χ4n) is 3.46. The van der Waals surface area contributed by atoms with Gasteiger partial charge in [-0.1, -0.05) is 19.3 Å². The van der Waals surface area contributed by atoms with Crippen molar-refractivity contribution in [3.05, 3.63) is 42.1 Å². The molecule has 3 rings (SSSR count). The Kier molecular flexibility index (Phi) is 6.36. The van der Waals surface area contributed by atoms with Gasteiger partial charge in [-0.15, -0.1) is 0 Å². The minimum Gasteiger partial charge on any atom is -0.497 e. The maximum absolute atomic E-state index is 12.8. The second-order valence-electron chi connectivity index (χ2n) is 7.06. The van der Waals surface area contributed by atoms with Gasteiger partial charge in [0.15, 0.2) is 0 Å². The summed E-state index contributed by atoms with van der Waals surface area (Å²) in [6, 6.07) is 8.59. The Balaban J connectivity index is 1.74. The highest BCUT2D eigenvalue weighted by molar-refractivity contribution is 6.08. The van der Waals surface area contributed by atoms with Crippen molar-refractivity contribution < 1.29 is 19.4 Å². The third-order valence-corrected chi connectivity index (χ3v) is 5.08. The molecule has 1 heterocycles. The van der Waals surface area contributed by atoms with Crippen molar-refractivity contribution in [3.8, 4) is 11.5 Å². The van der Waals surface area contributed by atoms with E-state index >= 15 is 0 Å². The van der Waals surface area contributed by atoms with Crippen molar-refractivity contribution >= 4 is 17.4 Å². The molecule has 1 aliphatic carbocycles.